The number of hydrogen-bond donors (Lipinski definition) is 2. The number of benzene rings is 1. The van der Waals surface area contributed by atoms with Crippen LogP contribution in [0.15, 0.2) is 24.3 Å². The van der Waals surface area contributed by atoms with Crippen molar-refractivity contribution in [1.82, 2.24) is 14.7 Å². The third-order valence-electron chi connectivity index (χ3n) is 3.96. The fraction of sp³-hybridized carbons (Fsp3) is 0.389. The van der Waals surface area contributed by atoms with Crippen LogP contribution < -0.4 is 5.32 Å². The molecule has 0 aliphatic rings. The fourth-order valence-electron chi connectivity index (χ4n) is 2.55. The first-order valence-electron chi connectivity index (χ1n) is 8.11. The van der Waals surface area contributed by atoms with Crippen molar-refractivity contribution in [3.8, 4) is 5.69 Å². The number of carboxylic acid groups (broad SMARTS) is 1. The number of amides is 1. The molecule has 26 heavy (non-hydrogen) atoms. The third-order valence-corrected chi connectivity index (χ3v) is 3.96. The highest BCUT2D eigenvalue weighted by molar-refractivity contribution is 5.93. The second-order valence-electron chi connectivity index (χ2n) is 6.22. The molecule has 0 unspecified atom stereocenters. The number of nitrogens with one attached hydrogen (secondary N) is 1. The van der Waals surface area contributed by atoms with Gasteiger partial charge in [-0.3, -0.25) is 14.5 Å². The molecule has 1 amide bonds. The molecule has 8 heteroatoms. The average molecular weight is 381 g/mol. The van der Waals surface area contributed by atoms with Gasteiger partial charge in [0.15, 0.2) is 0 Å². The van der Waals surface area contributed by atoms with Gasteiger partial charge in [0, 0.05) is 6.54 Å². The quantitative estimate of drug-likeness (QED) is 0.770. The molecule has 2 N–H and O–H groups in total. The van der Waals surface area contributed by atoms with Crippen LogP contribution in [0.2, 0.25) is 0 Å². The molecule has 0 saturated carbocycles. The Labute approximate surface area is 159 Å². The maximum absolute atomic E-state index is 12.2. The fourth-order valence-corrected chi connectivity index (χ4v) is 2.55. The number of nitrogens with zero attached hydrogens (tertiary/aromatic N) is 3. The molecule has 0 bridgehead atoms. The first-order valence-corrected chi connectivity index (χ1v) is 8.11. The lowest BCUT2D eigenvalue weighted by Crippen LogP contribution is -2.32. The number of aryl methyl sites for hydroxylation is 2. The summed E-state index contributed by atoms with van der Waals surface area (Å²) in [6.45, 7) is 6.23. The van der Waals surface area contributed by atoms with E-state index in [0.29, 0.717) is 12.2 Å². The number of aromatic nitrogens is 2. The molecule has 1 heterocycles. The smallest absolute Gasteiger partial charge is 0.304 e. The summed E-state index contributed by atoms with van der Waals surface area (Å²) in [5.74, 6) is -1.07. The number of carbonyl (C=O) groups excluding carboxylic acids is 1. The molecule has 2 aromatic rings. The monoisotopic (exact) mass is 380 g/mol. The molecule has 1 aromatic carbocycles. The van der Waals surface area contributed by atoms with Crippen molar-refractivity contribution in [2.24, 2.45) is 0 Å². The molecule has 7 nitrogen and oxygen atoms in total. The Kier molecular flexibility index (Phi) is 7.79. The molecule has 0 aliphatic carbocycles. The summed E-state index contributed by atoms with van der Waals surface area (Å²) in [7, 11) is 1.72. The summed E-state index contributed by atoms with van der Waals surface area (Å²) >= 11 is 0. The van der Waals surface area contributed by atoms with E-state index in [1.54, 1.807) is 16.6 Å². The minimum atomic E-state index is -0.877. The van der Waals surface area contributed by atoms with Crippen LogP contribution in [-0.4, -0.2) is 51.8 Å². The van der Waals surface area contributed by atoms with Crippen LogP contribution >= 0.6 is 12.4 Å². The Hall–Kier alpha value is -2.38. The van der Waals surface area contributed by atoms with Crippen LogP contribution in [-0.2, 0) is 9.59 Å². The zero-order valence-corrected chi connectivity index (χ0v) is 16.3. The third kappa shape index (κ3) is 5.57. The van der Waals surface area contributed by atoms with E-state index in [1.165, 1.54) is 5.56 Å². The minimum Gasteiger partial charge on any atom is -0.481 e. The lowest BCUT2D eigenvalue weighted by Gasteiger charge is -2.15. The van der Waals surface area contributed by atoms with E-state index in [4.69, 9.17) is 5.11 Å². The summed E-state index contributed by atoms with van der Waals surface area (Å²) in [6.07, 6.45) is 0.00713. The SMILES string of the molecule is Cc1ccc(-n2nc(C)c(NC(=O)CN(C)CCC(=O)O)c2C)cc1.Cl. The second kappa shape index (κ2) is 9.35. The van der Waals surface area contributed by atoms with Crippen LogP contribution in [0.3, 0.4) is 0 Å². The predicted octanol–water partition coefficient (Wildman–Crippen LogP) is 2.56. The number of hydrogen-bond acceptors (Lipinski definition) is 4. The number of rotatable bonds is 7. The van der Waals surface area contributed by atoms with Gasteiger partial charge in [-0.2, -0.15) is 5.10 Å². The lowest BCUT2D eigenvalue weighted by atomic mass is 10.2. The average Bonchev–Trinajstić information content (AvgIpc) is 2.82. The van der Waals surface area contributed by atoms with Crippen LogP contribution in [0.5, 0.6) is 0 Å². The van der Waals surface area contributed by atoms with E-state index < -0.39 is 5.97 Å². The molecular weight excluding hydrogens is 356 g/mol. The van der Waals surface area contributed by atoms with Crippen LogP contribution in [0, 0.1) is 20.8 Å². The van der Waals surface area contributed by atoms with Crippen molar-refractivity contribution in [3.05, 3.63) is 41.2 Å². The molecule has 0 aliphatic heterocycles. The standard InChI is InChI=1S/C18H24N4O3.ClH/c1-12-5-7-15(8-6-12)22-14(3)18(13(2)20-22)19-16(23)11-21(4)10-9-17(24)25;/h5-8H,9-11H2,1-4H3,(H,19,23)(H,24,25);1H. The van der Waals surface area contributed by atoms with Crippen molar-refractivity contribution >= 4 is 30.0 Å². The van der Waals surface area contributed by atoms with Gasteiger partial charge >= 0.3 is 5.97 Å². The van der Waals surface area contributed by atoms with E-state index in [9.17, 15) is 9.59 Å². The van der Waals surface area contributed by atoms with Gasteiger partial charge in [-0.1, -0.05) is 17.7 Å². The highest BCUT2D eigenvalue weighted by Crippen LogP contribution is 2.23. The van der Waals surface area contributed by atoms with Crippen molar-refractivity contribution in [2.75, 3.05) is 25.5 Å². The lowest BCUT2D eigenvalue weighted by molar-refractivity contribution is -0.137. The van der Waals surface area contributed by atoms with Gasteiger partial charge in [0.05, 0.1) is 35.7 Å². The molecule has 0 saturated heterocycles. The van der Waals surface area contributed by atoms with Crippen LogP contribution in [0.25, 0.3) is 5.69 Å². The molecule has 0 radical (unpaired) electrons. The maximum atomic E-state index is 12.2. The molecule has 0 fully saturated rings. The first-order chi connectivity index (χ1) is 11.8. The Balaban J connectivity index is 0.00000338. The minimum absolute atomic E-state index is 0. The topological polar surface area (TPSA) is 87.5 Å². The largest absolute Gasteiger partial charge is 0.481 e. The van der Waals surface area contributed by atoms with Crippen LogP contribution in [0.4, 0.5) is 5.69 Å². The van der Waals surface area contributed by atoms with E-state index >= 15 is 0 Å². The van der Waals surface area contributed by atoms with E-state index in [1.807, 2.05) is 45.0 Å². The Morgan fingerprint density at radius 1 is 1.19 bits per heavy atom. The van der Waals surface area contributed by atoms with Gasteiger partial charge in [0.1, 0.15) is 0 Å². The number of carboxylic acids is 1. The van der Waals surface area contributed by atoms with Gasteiger partial charge in [-0.15, -0.1) is 12.4 Å². The van der Waals surface area contributed by atoms with E-state index in [2.05, 4.69) is 10.4 Å². The van der Waals surface area contributed by atoms with Crippen LogP contribution in [0.1, 0.15) is 23.4 Å². The summed E-state index contributed by atoms with van der Waals surface area (Å²) < 4.78 is 1.80. The van der Waals surface area contributed by atoms with Gasteiger partial charge < -0.3 is 10.4 Å². The Morgan fingerprint density at radius 2 is 1.81 bits per heavy atom. The number of halogens is 1. The number of likely N-dealkylation sites (N-methyl/N-ethyl adjacent to an activating group) is 1. The van der Waals surface area contributed by atoms with Gasteiger partial charge in [-0.25, -0.2) is 4.68 Å². The van der Waals surface area contributed by atoms with Gasteiger partial charge in [0.2, 0.25) is 5.91 Å². The van der Waals surface area contributed by atoms with E-state index in [0.717, 1.165) is 17.1 Å². The summed E-state index contributed by atoms with van der Waals surface area (Å²) in [4.78, 5) is 24.5. The van der Waals surface area contributed by atoms with Gasteiger partial charge in [-0.05, 0) is 40.0 Å². The summed E-state index contributed by atoms with van der Waals surface area (Å²) in [5, 5.41) is 16.1. The maximum Gasteiger partial charge on any atom is 0.304 e. The highest BCUT2D eigenvalue weighted by atomic mass is 35.5. The van der Waals surface area contributed by atoms with Crippen molar-refractivity contribution in [3.63, 3.8) is 0 Å². The summed E-state index contributed by atoms with van der Waals surface area (Å²) in [5.41, 5.74) is 4.38. The number of carbonyl (C=O) groups is 2. The van der Waals surface area contributed by atoms with Crippen molar-refractivity contribution < 1.29 is 14.7 Å². The normalized spacial score (nSPS) is 10.5. The molecule has 2 rings (SSSR count). The first kappa shape index (κ1) is 21.7. The zero-order chi connectivity index (χ0) is 18.6. The molecule has 142 valence electrons. The van der Waals surface area contributed by atoms with Gasteiger partial charge in [0.25, 0.3) is 0 Å². The number of aliphatic carboxylic acids is 1. The molecule has 1 aromatic heterocycles. The van der Waals surface area contributed by atoms with Crippen molar-refractivity contribution in [1.29, 1.82) is 0 Å². The van der Waals surface area contributed by atoms with E-state index in [-0.39, 0.29) is 31.3 Å². The van der Waals surface area contributed by atoms with Crippen molar-refractivity contribution in [2.45, 2.75) is 27.2 Å². The molecule has 0 spiro atoms. The predicted molar refractivity (Wildman–Crippen MR) is 103 cm³/mol. The summed E-state index contributed by atoms with van der Waals surface area (Å²) in [6, 6.07) is 8.00. The molecular formula is C18H25ClN4O3. The molecule has 0 atom stereocenters. The zero-order valence-electron chi connectivity index (χ0n) is 15.4. The number of anilines is 1. The Morgan fingerprint density at radius 3 is 2.38 bits per heavy atom. The second-order valence-corrected chi connectivity index (χ2v) is 6.22. The highest BCUT2D eigenvalue weighted by Gasteiger charge is 2.16. The Bertz CT molecular complexity index is 771.